The smallest absolute Gasteiger partial charge is 0.333 e. The maximum Gasteiger partial charge on any atom is 0.333 e. The SMILES string of the molecule is COC(=O)[C@@H](NC(=O)[C@@H]1C[C@@H]2CC[C@@H](OC(C)=O)C[C@@H]2N1C(C)=O)c1ccccc1. The monoisotopic (exact) mass is 416 g/mol. The molecule has 0 bridgehead atoms. The van der Waals surface area contributed by atoms with E-state index in [-0.39, 0.29) is 35.8 Å². The van der Waals surface area contributed by atoms with Gasteiger partial charge in [0.15, 0.2) is 6.04 Å². The quantitative estimate of drug-likeness (QED) is 0.734. The molecule has 0 unspecified atom stereocenters. The number of methoxy groups -OCH3 is 1. The number of likely N-dealkylation sites (tertiary alicyclic amines) is 1. The van der Waals surface area contributed by atoms with Crippen LogP contribution < -0.4 is 5.32 Å². The van der Waals surface area contributed by atoms with Gasteiger partial charge in [0.2, 0.25) is 11.8 Å². The van der Waals surface area contributed by atoms with Crippen molar-refractivity contribution in [1.29, 1.82) is 0 Å². The summed E-state index contributed by atoms with van der Waals surface area (Å²) in [7, 11) is 1.27. The van der Waals surface area contributed by atoms with E-state index in [4.69, 9.17) is 9.47 Å². The van der Waals surface area contributed by atoms with Crippen LogP contribution in [-0.4, -0.2) is 54.0 Å². The van der Waals surface area contributed by atoms with Crippen molar-refractivity contribution in [3.8, 4) is 0 Å². The molecular weight excluding hydrogens is 388 g/mol. The predicted molar refractivity (Wildman–Crippen MR) is 107 cm³/mol. The van der Waals surface area contributed by atoms with E-state index in [0.29, 0.717) is 18.4 Å². The van der Waals surface area contributed by atoms with Crippen molar-refractivity contribution in [2.45, 2.75) is 63.8 Å². The summed E-state index contributed by atoms with van der Waals surface area (Å²) in [6.45, 7) is 2.81. The first-order valence-corrected chi connectivity index (χ1v) is 10.2. The van der Waals surface area contributed by atoms with Crippen LogP contribution in [0.3, 0.4) is 0 Å². The summed E-state index contributed by atoms with van der Waals surface area (Å²) in [6, 6.07) is 7.06. The number of rotatable bonds is 5. The first-order chi connectivity index (χ1) is 14.3. The number of ether oxygens (including phenoxy) is 2. The minimum atomic E-state index is -0.950. The molecule has 2 amide bonds. The molecule has 0 aromatic heterocycles. The molecule has 5 atom stereocenters. The summed E-state index contributed by atoms with van der Waals surface area (Å²) in [5.74, 6) is -1.36. The lowest BCUT2D eigenvalue weighted by Gasteiger charge is -2.36. The Morgan fingerprint density at radius 2 is 1.77 bits per heavy atom. The Kier molecular flexibility index (Phi) is 6.74. The Morgan fingerprint density at radius 3 is 2.37 bits per heavy atom. The Labute approximate surface area is 175 Å². The third-order valence-electron chi connectivity index (χ3n) is 5.98. The van der Waals surface area contributed by atoms with Crippen molar-refractivity contribution < 1.29 is 28.7 Å². The van der Waals surface area contributed by atoms with Gasteiger partial charge in [0.1, 0.15) is 12.1 Å². The van der Waals surface area contributed by atoms with Crippen LogP contribution in [0.4, 0.5) is 0 Å². The summed E-state index contributed by atoms with van der Waals surface area (Å²) < 4.78 is 10.2. The first kappa shape index (κ1) is 21.8. The molecule has 0 spiro atoms. The molecule has 8 nitrogen and oxygen atoms in total. The number of hydrogen-bond donors (Lipinski definition) is 1. The first-order valence-electron chi connectivity index (χ1n) is 10.2. The summed E-state index contributed by atoms with van der Waals surface area (Å²) in [5, 5.41) is 2.77. The molecule has 1 aromatic carbocycles. The number of carbonyl (C=O) groups is 4. The zero-order valence-electron chi connectivity index (χ0n) is 17.5. The third-order valence-corrected chi connectivity index (χ3v) is 5.98. The molecule has 2 aliphatic rings. The fourth-order valence-electron chi connectivity index (χ4n) is 4.73. The average molecular weight is 416 g/mol. The maximum absolute atomic E-state index is 13.2. The molecule has 2 fully saturated rings. The fourth-order valence-corrected chi connectivity index (χ4v) is 4.73. The van der Waals surface area contributed by atoms with E-state index in [0.717, 1.165) is 12.8 Å². The number of nitrogens with one attached hydrogen (secondary N) is 1. The second kappa shape index (κ2) is 9.28. The van der Waals surface area contributed by atoms with Crippen LogP contribution in [-0.2, 0) is 28.7 Å². The molecule has 1 aliphatic carbocycles. The van der Waals surface area contributed by atoms with Crippen LogP contribution in [0, 0.1) is 5.92 Å². The van der Waals surface area contributed by atoms with Crippen LogP contribution in [0.25, 0.3) is 0 Å². The van der Waals surface area contributed by atoms with Crippen molar-refractivity contribution >= 4 is 23.8 Å². The molecule has 1 heterocycles. The number of esters is 2. The highest BCUT2D eigenvalue weighted by Gasteiger charge is 2.49. The highest BCUT2D eigenvalue weighted by molar-refractivity contribution is 5.91. The Morgan fingerprint density at radius 1 is 1.07 bits per heavy atom. The Balaban J connectivity index is 1.78. The van der Waals surface area contributed by atoms with Crippen LogP contribution >= 0.6 is 0 Å². The minimum Gasteiger partial charge on any atom is -0.467 e. The Hall–Kier alpha value is -2.90. The number of nitrogens with zero attached hydrogens (tertiary/aromatic N) is 1. The molecule has 162 valence electrons. The van der Waals surface area contributed by atoms with Crippen molar-refractivity contribution in [3.63, 3.8) is 0 Å². The summed E-state index contributed by atoms with van der Waals surface area (Å²) in [5.41, 5.74) is 0.609. The molecule has 1 aliphatic heterocycles. The van der Waals surface area contributed by atoms with E-state index >= 15 is 0 Å². The molecule has 1 N–H and O–H groups in total. The van der Waals surface area contributed by atoms with Gasteiger partial charge in [0.25, 0.3) is 0 Å². The number of fused-ring (bicyclic) bond motifs is 1. The normalized spacial score (nSPS) is 26.3. The van der Waals surface area contributed by atoms with Crippen LogP contribution in [0.15, 0.2) is 30.3 Å². The molecule has 3 rings (SSSR count). The van der Waals surface area contributed by atoms with E-state index in [9.17, 15) is 19.2 Å². The minimum absolute atomic E-state index is 0.157. The van der Waals surface area contributed by atoms with Crippen LogP contribution in [0.2, 0.25) is 0 Å². The van der Waals surface area contributed by atoms with Crippen LogP contribution in [0.5, 0.6) is 0 Å². The van der Waals surface area contributed by atoms with Gasteiger partial charge in [-0.05, 0) is 30.7 Å². The third kappa shape index (κ3) is 4.63. The molecule has 1 saturated heterocycles. The fraction of sp³-hybridized carbons (Fsp3) is 0.545. The lowest BCUT2D eigenvalue weighted by molar-refractivity contribution is -0.150. The van der Waals surface area contributed by atoms with Gasteiger partial charge in [0, 0.05) is 26.3 Å². The lowest BCUT2D eigenvalue weighted by Crippen LogP contribution is -2.51. The number of amides is 2. The second-order valence-electron chi connectivity index (χ2n) is 7.93. The van der Waals surface area contributed by atoms with Gasteiger partial charge >= 0.3 is 11.9 Å². The zero-order chi connectivity index (χ0) is 21.8. The number of benzene rings is 1. The van der Waals surface area contributed by atoms with Gasteiger partial charge in [0.05, 0.1) is 7.11 Å². The topological polar surface area (TPSA) is 102 Å². The largest absolute Gasteiger partial charge is 0.467 e. The summed E-state index contributed by atoms with van der Waals surface area (Å²) >= 11 is 0. The van der Waals surface area contributed by atoms with E-state index in [2.05, 4.69) is 5.32 Å². The van der Waals surface area contributed by atoms with E-state index in [1.165, 1.54) is 21.0 Å². The van der Waals surface area contributed by atoms with E-state index < -0.39 is 18.1 Å². The van der Waals surface area contributed by atoms with E-state index in [1.54, 1.807) is 29.2 Å². The zero-order valence-corrected chi connectivity index (χ0v) is 17.5. The Bertz CT molecular complexity index is 811. The van der Waals surface area contributed by atoms with Gasteiger partial charge in [-0.15, -0.1) is 0 Å². The molecule has 8 heteroatoms. The van der Waals surface area contributed by atoms with Gasteiger partial charge in [-0.1, -0.05) is 30.3 Å². The molecule has 0 radical (unpaired) electrons. The highest BCUT2D eigenvalue weighted by atomic mass is 16.5. The average Bonchev–Trinajstić information content (AvgIpc) is 3.10. The van der Waals surface area contributed by atoms with Crippen molar-refractivity contribution in [2.75, 3.05) is 7.11 Å². The maximum atomic E-state index is 13.2. The summed E-state index contributed by atoms with van der Waals surface area (Å²) in [4.78, 5) is 50.8. The van der Waals surface area contributed by atoms with Gasteiger partial charge in [-0.3, -0.25) is 14.4 Å². The van der Waals surface area contributed by atoms with Gasteiger partial charge in [-0.25, -0.2) is 4.79 Å². The highest BCUT2D eigenvalue weighted by Crippen LogP contribution is 2.41. The summed E-state index contributed by atoms with van der Waals surface area (Å²) in [6.07, 6.45) is 2.28. The van der Waals surface area contributed by atoms with Crippen molar-refractivity contribution in [1.82, 2.24) is 10.2 Å². The van der Waals surface area contributed by atoms with Crippen molar-refractivity contribution in [3.05, 3.63) is 35.9 Å². The molecular formula is C22H28N2O6. The number of carbonyl (C=O) groups excluding carboxylic acids is 4. The predicted octanol–water partition coefficient (Wildman–Crippen LogP) is 1.74. The van der Waals surface area contributed by atoms with Gasteiger partial charge < -0.3 is 19.7 Å². The molecule has 1 aromatic rings. The lowest BCUT2D eigenvalue weighted by atomic mass is 9.83. The van der Waals surface area contributed by atoms with Gasteiger partial charge in [-0.2, -0.15) is 0 Å². The second-order valence-corrected chi connectivity index (χ2v) is 7.93. The molecule has 1 saturated carbocycles. The molecule has 30 heavy (non-hydrogen) atoms. The standard InChI is InChI=1S/C22H28N2O6/c1-13(25)24-18-12-17(30-14(2)26)10-9-16(18)11-19(24)21(27)23-20(22(28)29-3)15-7-5-4-6-8-15/h4-8,16-20H,9-12H2,1-3H3,(H,23,27)/t16-,17+,18-,19-,20-/m0/s1. The van der Waals surface area contributed by atoms with Crippen molar-refractivity contribution in [2.24, 2.45) is 5.92 Å². The van der Waals surface area contributed by atoms with E-state index in [1.807, 2.05) is 6.07 Å². The van der Waals surface area contributed by atoms with Crippen LogP contribution in [0.1, 0.15) is 51.1 Å². The number of hydrogen-bond acceptors (Lipinski definition) is 6.